The van der Waals surface area contributed by atoms with Crippen molar-refractivity contribution in [2.24, 2.45) is 0 Å². The van der Waals surface area contributed by atoms with Gasteiger partial charge in [0, 0.05) is 36.6 Å². The number of aromatic nitrogens is 2. The number of rotatable bonds is 4. The van der Waals surface area contributed by atoms with E-state index in [1.54, 1.807) is 25.3 Å². The predicted molar refractivity (Wildman–Crippen MR) is 136 cm³/mol. The third kappa shape index (κ3) is 3.87. The highest BCUT2D eigenvalue weighted by molar-refractivity contribution is 6.34. The third-order valence-electron chi connectivity index (χ3n) is 6.39. The molecule has 5 nitrogen and oxygen atoms in total. The maximum atomic E-state index is 14.8. The Morgan fingerprint density at radius 3 is 2.53 bits per heavy atom. The van der Waals surface area contributed by atoms with E-state index < -0.39 is 0 Å². The zero-order chi connectivity index (χ0) is 23.8. The lowest BCUT2D eigenvalue weighted by Crippen LogP contribution is -2.50. The number of nitrogens with one attached hydrogen (secondary N) is 1. The van der Waals surface area contributed by atoms with Crippen molar-refractivity contribution in [1.82, 2.24) is 15.3 Å². The molecule has 3 heterocycles. The van der Waals surface area contributed by atoms with E-state index in [9.17, 15) is 4.39 Å². The molecule has 1 N–H and O–H groups in total. The average Bonchev–Trinajstić information content (AvgIpc) is 2.84. The zero-order valence-corrected chi connectivity index (χ0v) is 20.2. The molecule has 34 heavy (non-hydrogen) atoms. The van der Waals surface area contributed by atoms with Crippen LogP contribution in [0.15, 0.2) is 54.6 Å². The molecule has 0 saturated carbocycles. The lowest BCUT2D eigenvalue weighted by atomic mass is 9.98. The molecule has 1 aliphatic heterocycles. The van der Waals surface area contributed by atoms with Crippen molar-refractivity contribution >= 4 is 28.3 Å². The molecule has 1 aliphatic rings. The van der Waals surface area contributed by atoms with Gasteiger partial charge in [0.05, 0.1) is 28.9 Å². The number of fused-ring (bicyclic) bond motifs is 1. The first-order chi connectivity index (χ1) is 16.5. The number of nitrogens with zero attached hydrogens (tertiary/aromatic N) is 3. The molecular weight excluding hydrogens is 451 g/mol. The normalized spacial score (nSPS) is 16.1. The van der Waals surface area contributed by atoms with Crippen LogP contribution in [-0.4, -0.2) is 42.8 Å². The maximum Gasteiger partial charge on any atom is 0.225 e. The van der Waals surface area contributed by atoms with E-state index in [1.807, 2.05) is 37.3 Å². The largest absolute Gasteiger partial charge is 0.480 e. The standard InChI is InChI=1S/C27H26ClFN4O/c1-16-8-4-5-9-18(16)23-25-20(14-21(28)24(31-25)19-10-6-7-11-22(19)29)26(32-27(23)34-3)33-13-12-30-15-17(33)2/h4-11,14,17,30H,12-13,15H2,1-3H3/t17-/m0/s1. The van der Waals surface area contributed by atoms with Crippen LogP contribution in [0.3, 0.4) is 0 Å². The summed E-state index contributed by atoms with van der Waals surface area (Å²) >= 11 is 6.74. The second-order valence-electron chi connectivity index (χ2n) is 8.58. The fourth-order valence-corrected chi connectivity index (χ4v) is 4.88. The number of piperazine rings is 1. The lowest BCUT2D eigenvalue weighted by molar-refractivity contribution is 0.399. The molecular formula is C27H26ClFN4O. The van der Waals surface area contributed by atoms with Crippen LogP contribution < -0.4 is 15.0 Å². The summed E-state index contributed by atoms with van der Waals surface area (Å²) in [5, 5.41) is 4.62. The minimum absolute atomic E-state index is 0.225. The highest BCUT2D eigenvalue weighted by atomic mass is 35.5. The van der Waals surface area contributed by atoms with Crippen molar-refractivity contribution < 1.29 is 9.13 Å². The number of halogens is 2. The summed E-state index contributed by atoms with van der Waals surface area (Å²) in [6.07, 6.45) is 0. The Morgan fingerprint density at radius 2 is 1.82 bits per heavy atom. The number of methoxy groups -OCH3 is 1. The van der Waals surface area contributed by atoms with Gasteiger partial charge in [-0.3, -0.25) is 0 Å². The molecule has 1 saturated heterocycles. The molecule has 0 bridgehead atoms. The van der Waals surface area contributed by atoms with E-state index in [0.29, 0.717) is 27.7 Å². The smallest absolute Gasteiger partial charge is 0.225 e. The fourth-order valence-electron chi connectivity index (χ4n) is 4.62. The van der Waals surface area contributed by atoms with Gasteiger partial charge >= 0.3 is 0 Å². The molecule has 4 aromatic rings. The van der Waals surface area contributed by atoms with E-state index in [2.05, 4.69) is 17.1 Å². The molecule has 0 unspecified atom stereocenters. The Labute approximate surface area is 203 Å². The molecule has 0 amide bonds. The molecule has 5 rings (SSSR count). The van der Waals surface area contributed by atoms with Crippen LogP contribution in [0.4, 0.5) is 10.2 Å². The lowest BCUT2D eigenvalue weighted by Gasteiger charge is -2.36. The first kappa shape index (κ1) is 22.6. The maximum absolute atomic E-state index is 14.8. The van der Waals surface area contributed by atoms with Crippen molar-refractivity contribution in [1.29, 1.82) is 0 Å². The SMILES string of the molecule is COc1nc(N2CCNC[C@@H]2C)c2cc(Cl)c(-c3ccccc3F)nc2c1-c1ccccc1C. The molecule has 0 radical (unpaired) electrons. The first-order valence-electron chi connectivity index (χ1n) is 11.4. The van der Waals surface area contributed by atoms with E-state index >= 15 is 0 Å². The number of hydrogen-bond acceptors (Lipinski definition) is 5. The first-order valence-corrected chi connectivity index (χ1v) is 11.7. The molecule has 7 heteroatoms. The number of benzene rings is 2. The van der Waals surface area contributed by atoms with Gasteiger partial charge in [-0.15, -0.1) is 0 Å². The van der Waals surface area contributed by atoms with Gasteiger partial charge in [-0.05, 0) is 43.2 Å². The van der Waals surface area contributed by atoms with Crippen LogP contribution in [0.1, 0.15) is 12.5 Å². The van der Waals surface area contributed by atoms with Gasteiger partial charge in [-0.25, -0.2) is 9.37 Å². The van der Waals surface area contributed by atoms with Gasteiger partial charge in [0.15, 0.2) is 0 Å². The van der Waals surface area contributed by atoms with Crippen LogP contribution in [0.5, 0.6) is 5.88 Å². The topological polar surface area (TPSA) is 50.3 Å². The summed E-state index contributed by atoms with van der Waals surface area (Å²) < 4.78 is 20.6. The second-order valence-corrected chi connectivity index (χ2v) is 8.98. The van der Waals surface area contributed by atoms with E-state index in [1.165, 1.54) is 6.07 Å². The van der Waals surface area contributed by atoms with Crippen LogP contribution in [0, 0.1) is 12.7 Å². The molecule has 0 aliphatic carbocycles. The summed E-state index contributed by atoms with van der Waals surface area (Å²) in [5.41, 5.74) is 4.25. The Bertz CT molecular complexity index is 1380. The van der Waals surface area contributed by atoms with Crippen molar-refractivity contribution in [3.05, 3.63) is 71.0 Å². The van der Waals surface area contributed by atoms with Gasteiger partial charge in [0.2, 0.25) is 5.88 Å². The summed E-state index contributed by atoms with van der Waals surface area (Å²) in [6.45, 7) is 6.69. The van der Waals surface area contributed by atoms with Gasteiger partial charge < -0.3 is 15.0 Å². The van der Waals surface area contributed by atoms with E-state index in [0.717, 1.165) is 47.5 Å². The van der Waals surface area contributed by atoms with E-state index in [4.69, 9.17) is 26.3 Å². The summed E-state index contributed by atoms with van der Waals surface area (Å²) in [7, 11) is 1.62. The third-order valence-corrected chi connectivity index (χ3v) is 6.67. The van der Waals surface area contributed by atoms with Crippen LogP contribution in [0.2, 0.25) is 5.02 Å². The minimum atomic E-state index is -0.370. The summed E-state index contributed by atoms with van der Waals surface area (Å²) in [4.78, 5) is 12.2. The van der Waals surface area contributed by atoms with Crippen molar-refractivity contribution in [2.75, 3.05) is 31.6 Å². The van der Waals surface area contributed by atoms with Crippen LogP contribution in [-0.2, 0) is 0 Å². The molecule has 1 fully saturated rings. The predicted octanol–water partition coefficient (Wildman–Crippen LogP) is 5.87. The monoisotopic (exact) mass is 476 g/mol. The van der Waals surface area contributed by atoms with Gasteiger partial charge in [-0.1, -0.05) is 48.0 Å². The Hall–Kier alpha value is -3.22. The molecule has 174 valence electrons. The molecule has 1 atom stereocenters. The number of pyridine rings is 2. The van der Waals surface area contributed by atoms with Crippen LogP contribution in [0.25, 0.3) is 33.3 Å². The van der Waals surface area contributed by atoms with Gasteiger partial charge in [-0.2, -0.15) is 4.98 Å². The van der Waals surface area contributed by atoms with Gasteiger partial charge in [0.1, 0.15) is 11.6 Å². The molecule has 2 aromatic heterocycles. The van der Waals surface area contributed by atoms with Crippen molar-refractivity contribution in [3.63, 3.8) is 0 Å². The van der Waals surface area contributed by atoms with Crippen LogP contribution >= 0.6 is 11.6 Å². The molecule has 0 spiro atoms. The zero-order valence-electron chi connectivity index (χ0n) is 19.4. The Balaban J connectivity index is 1.88. The second kappa shape index (κ2) is 9.20. The Morgan fingerprint density at radius 1 is 1.09 bits per heavy atom. The number of ether oxygens (including phenoxy) is 1. The quantitative estimate of drug-likeness (QED) is 0.399. The average molecular weight is 477 g/mol. The number of aryl methyl sites for hydroxylation is 1. The van der Waals surface area contributed by atoms with E-state index in [-0.39, 0.29) is 11.9 Å². The molecule has 2 aromatic carbocycles. The number of hydrogen-bond donors (Lipinski definition) is 1. The van der Waals surface area contributed by atoms with Crippen molar-refractivity contribution in [2.45, 2.75) is 19.9 Å². The fraction of sp³-hybridized carbons (Fsp3) is 0.259. The minimum Gasteiger partial charge on any atom is -0.480 e. The highest BCUT2D eigenvalue weighted by Gasteiger charge is 2.27. The van der Waals surface area contributed by atoms with Gasteiger partial charge in [0.25, 0.3) is 0 Å². The highest BCUT2D eigenvalue weighted by Crippen LogP contribution is 2.43. The Kier molecular flexibility index (Phi) is 6.11. The summed E-state index contributed by atoms with van der Waals surface area (Å²) in [5.74, 6) is 0.884. The number of anilines is 1. The van der Waals surface area contributed by atoms with Crippen molar-refractivity contribution in [3.8, 4) is 28.3 Å². The summed E-state index contributed by atoms with van der Waals surface area (Å²) in [6, 6.07) is 16.7.